The first-order chi connectivity index (χ1) is 5.15. The summed E-state index contributed by atoms with van der Waals surface area (Å²) < 4.78 is 10.2. The summed E-state index contributed by atoms with van der Waals surface area (Å²) >= 11 is 0. The summed E-state index contributed by atoms with van der Waals surface area (Å²) in [5.41, 5.74) is 0.913. The van der Waals surface area contributed by atoms with E-state index in [4.69, 9.17) is 9.47 Å². The Kier molecular flexibility index (Phi) is 2.65. The minimum atomic E-state index is -0.485. The molecule has 1 aliphatic rings. The molecule has 1 aliphatic heterocycles. The highest BCUT2D eigenvalue weighted by atomic mass is 16.7. The van der Waals surface area contributed by atoms with E-state index in [9.17, 15) is 5.11 Å². The van der Waals surface area contributed by atoms with Crippen LogP contribution < -0.4 is 0 Å². The van der Waals surface area contributed by atoms with Crippen LogP contribution >= 0.6 is 0 Å². The van der Waals surface area contributed by atoms with Crippen LogP contribution in [0.25, 0.3) is 0 Å². The van der Waals surface area contributed by atoms with Crippen molar-refractivity contribution in [3.8, 4) is 0 Å². The van der Waals surface area contributed by atoms with Crippen LogP contribution in [-0.2, 0) is 9.47 Å². The van der Waals surface area contributed by atoms with Gasteiger partial charge in [-0.3, -0.25) is 0 Å². The standard InChI is InChI=1S/C8H14O3/c1-5-4-7(10-3)11-6(2)8(5)9/h4,6-9H,1-3H3/t6-,7+,8+/m0/s1. The lowest BCUT2D eigenvalue weighted by Gasteiger charge is -2.29. The number of ether oxygens (including phenoxy) is 2. The maximum atomic E-state index is 9.41. The van der Waals surface area contributed by atoms with E-state index < -0.39 is 6.10 Å². The molecule has 0 amide bonds. The topological polar surface area (TPSA) is 38.7 Å². The smallest absolute Gasteiger partial charge is 0.177 e. The van der Waals surface area contributed by atoms with Gasteiger partial charge < -0.3 is 14.6 Å². The van der Waals surface area contributed by atoms with Gasteiger partial charge in [0.25, 0.3) is 0 Å². The van der Waals surface area contributed by atoms with Crippen molar-refractivity contribution < 1.29 is 14.6 Å². The van der Waals surface area contributed by atoms with E-state index >= 15 is 0 Å². The molecule has 0 aromatic carbocycles. The highest BCUT2D eigenvalue weighted by molar-refractivity contribution is 5.11. The van der Waals surface area contributed by atoms with Crippen molar-refractivity contribution in [2.45, 2.75) is 32.3 Å². The van der Waals surface area contributed by atoms with Crippen LogP contribution in [0.1, 0.15) is 13.8 Å². The molecule has 3 atom stereocenters. The van der Waals surface area contributed by atoms with Crippen molar-refractivity contribution >= 4 is 0 Å². The van der Waals surface area contributed by atoms with Gasteiger partial charge in [-0.1, -0.05) is 0 Å². The summed E-state index contributed by atoms with van der Waals surface area (Å²) in [4.78, 5) is 0. The summed E-state index contributed by atoms with van der Waals surface area (Å²) in [6, 6.07) is 0. The molecule has 64 valence electrons. The van der Waals surface area contributed by atoms with Gasteiger partial charge in [0.1, 0.15) is 6.10 Å². The number of methoxy groups -OCH3 is 1. The van der Waals surface area contributed by atoms with Crippen LogP contribution in [0.3, 0.4) is 0 Å². The summed E-state index contributed by atoms with van der Waals surface area (Å²) in [6.45, 7) is 3.70. The van der Waals surface area contributed by atoms with Gasteiger partial charge >= 0.3 is 0 Å². The normalized spacial score (nSPS) is 38.5. The third-order valence-corrected chi connectivity index (χ3v) is 1.89. The molecule has 0 aromatic rings. The monoisotopic (exact) mass is 158 g/mol. The first-order valence-corrected chi connectivity index (χ1v) is 3.69. The van der Waals surface area contributed by atoms with Gasteiger partial charge in [-0.05, 0) is 25.5 Å². The summed E-state index contributed by atoms with van der Waals surface area (Å²) in [5.74, 6) is 0. The van der Waals surface area contributed by atoms with E-state index in [0.717, 1.165) is 5.57 Å². The Labute approximate surface area is 66.6 Å². The highest BCUT2D eigenvalue weighted by Gasteiger charge is 2.25. The SMILES string of the molecule is CO[C@H]1C=C(C)[C@@H](O)[C@H](C)O1. The third-order valence-electron chi connectivity index (χ3n) is 1.89. The zero-order valence-electron chi connectivity index (χ0n) is 7.07. The molecule has 1 heterocycles. The Morgan fingerprint density at radius 2 is 2.27 bits per heavy atom. The molecule has 0 saturated carbocycles. The van der Waals surface area contributed by atoms with Crippen LogP contribution in [0, 0.1) is 0 Å². The summed E-state index contributed by atoms with van der Waals surface area (Å²) in [7, 11) is 1.58. The van der Waals surface area contributed by atoms with E-state index in [0.29, 0.717) is 0 Å². The molecule has 3 heteroatoms. The number of hydrogen-bond acceptors (Lipinski definition) is 3. The highest BCUT2D eigenvalue weighted by Crippen LogP contribution is 2.18. The second-order valence-corrected chi connectivity index (χ2v) is 2.80. The fourth-order valence-electron chi connectivity index (χ4n) is 1.13. The Morgan fingerprint density at radius 3 is 2.73 bits per heavy atom. The summed E-state index contributed by atoms with van der Waals surface area (Å²) in [5, 5.41) is 9.41. The first kappa shape index (κ1) is 8.71. The van der Waals surface area contributed by atoms with Crippen LogP contribution in [-0.4, -0.2) is 30.7 Å². The van der Waals surface area contributed by atoms with Gasteiger partial charge in [-0.2, -0.15) is 0 Å². The van der Waals surface area contributed by atoms with Gasteiger partial charge in [0.05, 0.1) is 6.10 Å². The average molecular weight is 158 g/mol. The maximum Gasteiger partial charge on any atom is 0.177 e. The first-order valence-electron chi connectivity index (χ1n) is 3.69. The molecule has 0 aromatic heterocycles. The molecular formula is C8H14O3. The maximum absolute atomic E-state index is 9.41. The quantitative estimate of drug-likeness (QED) is 0.570. The third kappa shape index (κ3) is 1.80. The molecule has 1 N–H and O–H groups in total. The predicted octanol–water partition coefficient (Wildman–Crippen LogP) is 0.685. The zero-order chi connectivity index (χ0) is 8.43. The molecule has 0 bridgehead atoms. The second-order valence-electron chi connectivity index (χ2n) is 2.80. The molecule has 1 rings (SSSR count). The van der Waals surface area contributed by atoms with Crippen LogP contribution in [0.2, 0.25) is 0 Å². The molecule has 3 nitrogen and oxygen atoms in total. The Morgan fingerprint density at radius 1 is 1.64 bits per heavy atom. The molecule has 0 unspecified atom stereocenters. The van der Waals surface area contributed by atoms with Gasteiger partial charge in [-0.25, -0.2) is 0 Å². The lowest BCUT2D eigenvalue weighted by molar-refractivity contribution is -0.154. The molecule has 0 fully saturated rings. The van der Waals surface area contributed by atoms with Crippen molar-refractivity contribution in [2.75, 3.05) is 7.11 Å². The number of aliphatic hydroxyl groups excluding tert-OH is 1. The van der Waals surface area contributed by atoms with Crippen molar-refractivity contribution in [3.05, 3.63) is 11.6 Å². The fraction of sp³-hybridized carbons (Fsp3) is 0.750. The lowest BCUT2D eigenvalue weighted by atomic mass is 10.0. The number of rotatable bonds is 1. The Hall–Kier alpha value is -0.380. The number of hydrogen-bond donors (Lipinski definition) is 1. The molecule has 11 heavy (non-hydrogen) atoms. The van der Waals surface area contributed by atoms with Crippen LogP contribution in [0.4, 0.5) is 0 Å². The minimum absolute atomic E-state index is 0.176. The average Bonchev–Trinajstić information content (AvgIpc) is 1.99. The Balaban J connectivity index is 2.68. The van der Waals surface area contributed by atoms with Crippen molar-refractivity contribution in [2.24, 2.45) is 0 Å². The van der Waals surface area contributed by atoms with E-state index in [2.05, 4.69) is 0 Å². The Bertz CT molecular complexity index is 165. The predicted molar refractivity (Wildman–Crippen MR) is 41.1 cm³/mol. The molecule has 0 spiro atoms. The lowest BCUT2D eigenvalue weighted by Crippen LogP contribution is -2.36. The summed E-state index contributed by atoms with van der Waals surface area (Å²) in [6.07, 6.45) is 0.824. The molecular weight excluding hydrogens is 144 g/mol. The van der Waals surface area contributed by atoms with Crippen molar-refractivity contribution in [1.29, 1.82) is 0 Å². The largest absolute Gasteiger partial charge is 0.386 e. The van der Waals surface area contributed by atoms with Gasteiger partial charge in [0.15, 0.2) is 6.29 Å². The van der Waals surface area contributed by atoms with Crippen molar-refractivity contribution in [1.82, 2.24) is 0 Å². The number of aliphatic hydroxyl groups is 1. The van der Waals surface area contributed by atoms with E-state index in [-0.39, 0.29) is 12.4 Å². The van der Waals surface area contributed by atoms with Crippen LogP contribution in [0.5, 0.6) is 0 Å². The van der Waals surface area contributed by atoms with Crippen LogP contribution in [0.15, 0.2) is 11.6 Å². The van der Waals surface area contributed by atoms with Crippen molar-refractivity contribution in [3.63, 3.8) is 0 Å². The van der Waals surface area contributed by atoms with E-state index in [1.165, 1.54) is 0 Å². The van der Waals surface area contributed by atoms with Gasteiger partial charge in [0.2, 0.25) is 0 Å². The van der Waals surface area contributed by atoms with E-state index in [1.54, 1.807) is 13.2 Å². The van der Waals surface area contributed by atoms with Gasteiger partial charge in [0, 0.05) is 7.11 Å². The molecule has 0 aliphatic carbocycles. The molecule has 0 saturated heterocycles. The molecule has 0 radical (unpaired) electrons. The minimum Gasteiger partial charge on any atom is -0.386 e. The van der Waals surface area contributed by atoms with Gasteiger partial charge in [-0.15, -0.1) is 0 Å². The zero-order valence-corrected chi connectivity index (χ0v) is 7.07. The fourth-order valence-corrected chi connectivity index (χ4v) is 1.13. The van der Waals surface area contributed by atoms with E-state index in [1.807, 2.05) is 13.8 Å². The second kappa shape index (κ2) is 3.34.